The van der Waals surface area contributed by atoms with Crippen molar-refractivity contribution in [1.29, 1.82) is 0 Å². The first-order valence-electron chi connectivity index (χ1n) is 9.44. The molecule has 4 aromatic rings. The quantitative estimate of drug-likeness (QED) is 0.368. The summed E-state index contributed by atoms with van der Waals surface area (Å²) in [4.78, 5) is 17.9. The first kappa shape index (κ1) is 20.4. The molecule has 0 aliphatic carbocycles. The minimum atomic E-state index is -0.274. The van der Waals surface area contributed by atoms with Crippen LogP contribution < -0.4 is 4.74 Å². The van der Waals surface area contributed by atoms with E-state index in [2.05, 4.69) is 9.55 Å². The number of fused-ring (bicyclic) bond motifs is 1. The predicted octanol–water partition coefficient (Wildman–Crippen LogP) is 5.56. The van der Waals surface area contributed by atoms with Gasteiger partial charge >= 0.3 is 5.97 Å². The number of methoxy groups -OCH3 is 1. The number of benzene rings is 2. The van der Waals surface area contributed by atoms with E-state index in [1.165, 1.54) is 11.3 Å². The SMILES string of the molecule is COc1cc(Cl)ccc1-c1nc(C)c(CC(=O)OCc2ccc3c(ccn3C)c2)s1. The van der Waals surface area contributed by atoms with Gasteiger partial charge in [-0.2, -0.15) is 0 Å². The van der Waals surface area contributed by atoms with Crippen molar-refractivity contribution in [2.24, 2.45) is 7.05 Å². The maximum absolute atomic E-state index is 12.4. The zero-order chi connectivity index (χ0) is 21.3. The molecule has 0 atom stereocenters. The molecular formula is C23H21ClN2O3S. The Balaban J connectivity index is 1.44. The van der Waals surface area contributed by atoms with Gasteiger partial charge in [-0.05, 0) is 54.3 Å². The van der Waals surface area contributed by atoms with Crippen molar-refractivity contribution < 1.29 is 14.3 Å². The van der Waals surface area contributed by atoms with E-state index in [1.54, 1.807) is 19.2 Å². The highest BCUT2D eigenvalue weighted by Crippen LogP contribution is 2.36. The lowest BCUT2D eigenvalue weighted by Gasteiger charge is -2.06. The van der Waals surface area contributed by atoms with Crippen LogP contribution in [-0.4, -0.2) is 22.6 Å². The normalized spacial score (nSPS) is 11.1. The molecule has 0 amide bonds. The summed E-state index contributed by atoms with van der Waals surface area (Å²) < 4.78 is 13.0. The van der Waals surface area contributed by atoms with Gasteiger partial charge in [0, 0.05) is 28.7 Å². The first-order valence-corrected chi connectivity index (χ1v) is 10.6. The molecule has 0 bridgehead atoms. The minimum absolute atomic E-state index is 0.187. The molecule has 5 nitrogen and oxygen atoms in total. The fourth-order valence-corrected chi connectivity index (χ4v) is 4.56. The van der Waals surface area contributed by atoms with Crippen molar-refractivity contribution in [1.82, 2.24) is 9.55 Å². The molecule has 0 saturated carbocycles. The van der Waals surface area contributed by atoms with E-state index in [4.69, 9.17) is 21.1 Å². The second-order valence-corrected chi connectivity index (χ2v) is 8.55. The lowest BCUT2D eigenvalue weighted by Crippen LogP contribution is -2.07. The molecule has 4 rings (SSSR count). The van der Waals surface area contributed by atoms with Crippen LogP contribution in [0.25, 0.3) is 21.5 Å². The van der Waals surface area contributed by atoms with Gasteiger partial charge in [-0.15, -0.1) is 11.3 Å². The average molecular weight is 441 g/mol. The van der Waals surface area contributed by atoms with Crippen LogP contribution in [0.1, 0.15) is 16.1 Å². The number of aryl methyl sites for hydroxylation is 2. The molecule has 0 fully saturated rings. The summed E-state index contributed by atoms with van der Waals surface area (Å²) in [5.74, 6) is 0.381. The van der Waals surface area contributed by atoms with Crippen LogP contribution in [0.15, 0.2) is 48.7 Å². The summed E-state index contributed by atoms with van der Waals surface area (Å²) in [5, 5.41) is 2.52. The lowest BCUT2D eigenvalue weighted by atomic mass is 10.2. The zero-order valence-corrected chi connectivity index (χ0v) is 18.5. The summed E-state index contributed by atoms with van der Waals surface area (Å²) in [5.41, 5.74) is 3.78. The van der Waals surface area contributed by atoms with Crippen LogP contribution in [-0.2, 0) is 29.6 Å². The highest BCUT2D eigenvalue weighted by Gasteiger charge is 2.17. The van der Waals surface area contributed by atoms with Gasteiger partial charge in [0.2, 0.25) is 0 Å². The van der Waals surface area contributed by atoms with E-state index in [-0.39, 0.29) is 19.0 Å². The number of carbonyl (C=O) groups is 1. The van der Waals surface area contributed by atoms with Crippen LogP contribution in [0.4, 0.5) is 0 Å². The molecule has 0 N–H and O–H groups in total. The summed E-state index contributed by atoms with van der Waals surface area (Å²) in [7, 11) is 3.61. The summed E-state index contributed by atoms with van der Waals surface area (Å²) in [6.45, 7) is 2.15. The van der Waals surface area contributed by atoms with Crippen molar-refractivity contribution in [3.05, 3.63) is 69.8 Å². The Morgan fingerprint density at radius 2 is 2.03 bits per heavy atom. The zero-order valence-electron chi connectivity index (χ0n) is 16.9. The summed E-state index contributed by atoms with van der Waals surface area (Å²) in [6, 6.07) is 13.6. The topological polar surface area (TPSA) is 53.4 Å². The van der Waals surface area contributed by atoms with Gasteiger partial charge in [-0.25, -0.2) is 4.98 Å². The second-order valence-electron chi connectivity index (χ2n) is 7.03. The van der Waals surface area contributed by atoms with E-state index >= 15 is 0 Å². The fourth-order valence-electron chi connectivity index (χ4n) is 3.32. The van der Waals surface area contributed by atoms with Crippen molar-refractivity contribution in [2.45, 2.75) is 20.0 Å². The molecule has 0 unspecified atom stereocenters. The number of carbonyl (C=O) groups excluding carboxylic acids is 1. The molecule has 30 heavy (non-hydrogen) atoms. The molecule has 0 radical (unpaired) electrons. The molecule has 2 aromatic heterocycles. The molecule has 154 valence electrons. The Morgan fingerprint density at radius 1 is 1.20 bits per heavy atom. The van der Waals surface area contributed by atoms with Gasteiger partial charge in [0.05, 0.1) is 24.8 Å². The molecule has 2 aromatic carbocycles. The predicted molar refractivity (Wildman–Crippen MR) is 120 cm³/mol. The number of hydrogen-bond donors (Lipinski definition) is 0. The van der Waals surface area contributed by atoms with Gasteiger partial charge in [0.25, 0.3) is 0 Å². The third-order valence-electron chi connectivity index (χ3n) is 4.94. The molecular weight excluding hydrogens is 420 g/mol. The number of aromatic nitrogens is 2. The fraction of sp³-hybridized carbons (Fsp3) is 0.217. The highest BCUT2D eigenvalue weighted by atomic mass is 35.5. The Bertz CT molecular complexity index is 1230. The maximum Gasteiger partial charge on any atom is 0.311 e. The number of rotatable bonds is 6. The number of halogens is 1. The van der Waals surface area contributed by atoms with E-state index in [0.29, 0.717) is 10.8 Å². The van der Waals surface area contributed by atoms with Crippen LogP contribution in [0.3, 0.4) is 0 Å². The summed E-state index contributed by atoms with van der Waals surface area (Å²) in [6.07, 6.45) is 2.20. The van der Waals surface area contributed by atoms with Crippen LogP contribution in [0.2, 0.25) is 5.02 Å². The maximum atomic E-state index is 12.4. The Hall–Kier alpha value is -2.83. The van der Waals surface area contributed by atoms with Crippen molar-refractivity contribution in [2.75, 3.05) is 7.11 Å². The number of thiazole rings is 1. The van der Waals surface area contributed by atoms with Crippen LogP contribution in [0, 0.1) is 6.92 Å². The second kappa shape index (κ2) is 8.50. The molecule has 0 aliphatic rings. The molecule has 7 heteroatoms. The highest BCUT2D eigenvalue weighted by molar-refractivity contribution is 7.15. The third-order valence-corrected chi connectivity index (χ3v) is 6.37. The molecule has 0 aliphatic heterocycles. The minimum Gasteiger partial charge on any atom is -0.496 e. The Labute approximate surface area is 183 Å². The van der Waals surface area contributed by atoms with Gasteiger partial charge in [0.15, 0.2) is 0 Å². The van der Waals surface area contributed by atoms with Crippen molar-refractivity contribution in [3.63, 3.8) is 0 Å². The monoisotopic (exact) mass is 440 g/mol. The lowest BCUT2D eigenvalue weighted by molar-refractivity contribution is -0.144. The number of esters is 1. The Kier molecular flexibility index (Phi) is 5.79. The van der Waals surface area contributed by atoms with Gasteiger partial charge in [-0.1, -0.05) is 17.7 Å². The van der Waals surface area contributed by atoms with Gasteiger partial charge < -0.3 is 14.0 Å². The molecule has 2 heterocycles. The van der Waals surface area contributed by atoms with E-state index in [9.17, 15) is 4.79 Å². The third kappa shape index (κ3) is 4.20. The van der Waals surface area contributed by atoms with Crippen molar-refractivity contribution >= 4 is 39.8 Å². The van der Waals surface area contributed by atoms with E-state index in [0.717, 1.165) is 37.6 Å². The average Bonchev–Trinajstić information content (AvgIpc) is 3.28. The van der Waals surface area contributed by atoms with Gasteiger partial charge in [-0.3, -0.25) is 4.79 Å². The number of nitrogens with zero attached hydrogens (tertiary/aromatic N) is 2. The molecule has 0 saturated heterocycles. The van der Waals surface area contributed by atoms with Crippen LogP contribution in [0.5, 0.6) is 5.75 Å². The molecule has 0 spiro atoms. The standard InChI is InChI=1S/C23H21ClN2O3S/c1-14-21(30-23(25-14)18-6-5-17(24)11-20(18)28-3)12-22(27)29-13-15-4-7-19-16(10-15)8-9-26(19)2/h4-11H,12-13H2,1-3H3. The van der Waals surface area contributed by atoms with E-state index in [1.807, 2.05) is 50.5 Å². The number of hydrogen-bond acceptors (Lipinski definition) is 5. The smallest absolute Gasteiger partial charge is 0.311 e. The van der Waals surface area contributed by atoms with Crippen LogP contribution >= 0.6 is 22.9 Å². The Morgan fingerprint density at radius 3 is 2.83 bits per heavy atom. The first-order chi connectivity index (χ1) is 14.4. The van der Waals surface area contributed by atoms with E-state index < -0.39 is 0 Å². The van der Waals surface area contributed by atoms with Crippen molar-refractivity contribution in [3.8, 4) is 16.3 Å². The largest absolute Gasteiger partial charge is 0.496 e. The summed E-state index contributed by atoms with van der Waals surface area (Å²) >= 11 is 7.51. The van der Waals surface area contributed by atoms with Gasteiger partial charge in [0.1, 0.15) is 17.4 Å². The number of ether oxygens (including phenoxy) is 2.